The van der Waals surface area contributed by atoms with E-state index in [0.29, 0.717) is 25.7 Å². The summed E-state index contributed by atoms with van der Waals surface area (Å²) in [5.74, 6) is -3.13. The maximum absolute atomic E-state index is 13.9. The first kappa shape index (κ1) is 36.4. The molecule has 272 valence electrons. The molecule has 48 heavy (non-hydrogen) atoms. The average Bonchev–Trinajstić information content (AvgIpc) is 3.49. The van der Waals surface area contributed by atoms with E-state index >= 15 is 0 Å². The third kappa shape index (κ3) is 5.36. The molecule has 9 N–H and O–H groups in total. The van der Waals surface area contributed by atoms with Gasteiger partial charge in [0.25, 0.3) is 0 Å². The molecule has 0 radical (unpaired) electrons. The van der Waals surface area contributed by atoms with Gasteiger partial charge in [0.05, 0.1) is 19.3 Å². The smallest absolute Gasteiger partial charge is 0.222 e. The van der Waals surface area contributed by atoms with Crippen molar-refractivity contribution in [3.8, 4) is 0 Å². The van der Waals surface area contributed by atoms with Crippen LogP contribution in [-0.2, 0) is 28.5 Å². The van der Waals surface area contributed by atoms with Crippen LogP contribution in [0.5, 0.6) is 0 Å². The predicted octanol–water partition coefficient (Wildman–Crippen LogP) is -2.57. The summed E-state index contributed by atoms with van der Waals surface area (Å²) in [6, 6.07) is 0. The van der Waals surface area contributed by atoms with Crippen molar-refractivity contribution in [3.05, 3.63) is 11.6 Å². The summed E-state index contributed by atoms with van der Waals surface area (Å²) in [5.41, 5.74) is -2.20. The SMILES string of the molecule is C[C@]12CCC(=O)C=C1CC[C@@H]1[C@@H]2[C@@H](O)C[C@@]2(C)[C@H]1CC[C@]2(O)C(=O)COC1(CO)O[C@H](CO)[C@H](O[C@@H]2OC(CO)[C@H](O)[C@@H](O)C2O)C1O. The van der Waals surface area contributed by atoms with Gasteiger partial charge in [0.1, 0.15) is 61.5 Å². The number of hydrogen-bond donors (Lipinski definition) is 9. The number of ether oxygens (including phenoxy) is 4. The Bertz CT molecular complexity index is 1280. The highest BCUT2D eigenvalue weighted by Crippen LogP contribution is 2.67. The number of rotatable bonds is 9. The van der Waals surface area contributed by atoms with Crippen LogP contribution in [0.15, 0.2) is 11.6 Å². The number of aliphatic hydroxyl groups excluding tert-OH is 8. The van der Waals surface area contributed by atoms with Crippen LogP contribution < -0.4 is 0 Å². The monoisotopic (exact) mass is 686 g/mol. The van der Waals surface area contributed by atoms with E-state index in [0.717, 1.165) is 12.0 Å². The lowest BCUT2D eigenvalue weighted by molar-refractivity contribution is -0.319. The van der Waals surface area contributed by atoms with Gasteiger partial charge in [-0.1, -0.05) is 19.4 Å². The van der Waals surface area contributed by atoms with Crippen LogP contribution in [-0.4, -0.2) is 150 Å². The van der Waals surface area contributed by atoms with Crippen molar-refractivity contribution >= 4 is 11.6 Å². The first-order valence-corrected chi connectivity index (χ1v) is 17.0. The van der Waals surface area contributed by atoms with E-state index in [9.17, 15) is 55.5 Å². The molecule has 0 aromatic carbocycles. The van der Waals surface area contributed by atoms with Gasteiger partial charge in [-0.3, -0.25) is 9.59 Å². The van der Waals surface area contributed by atoms with Crippen molar-refractivity contribution in [2.24, 2.45) is 28.6 Å². The quantitative estimate of drug-likeness (QED) is 0.121. The summed E-state index contributed by atoms with van der Waals surface area (Å²) in [5, 5.41) is 95.5. The number of ketones is 2. The molecule has 2 heterocycles. The summed E-state index contributed by atoms with van der Waals surface area (Å²) >= 11 is 0. The Kier molecular flexibility index (Phi) is 9.81. The maximum atomic E-state index is 13.9. The van der Waals surface area contributed by atoms with Crippen LogP contribution >= 0.6 is 0 Å². The molecule has 0 spiro atoms. The third-order valence-corrected chi connectivity index (χ3v) is 13.0. The first-order chi connectivity index (χ1) is 22.6. The van der Waals surface area contributed by atoms with Crippen LogP contribution in [0.4, 0.5) is 0 Å². The van der Waals surface area contributed by atoms with Gasteiger partial charge >= 0.3 is 0 Å². The van der Waals surface area contributed by atoms with Crippen LogP contribution in [0.3, 0.4) is 0 Å². The van der Waals surface area contributed by atoms with E-state index in [1.54, 1.807) is 6.08 Å². The molecule has 2 saturated heterocycles. The lowest BCUT2D eigenvalue weighted by Gasteiger charge is -2.60. The Morgan fingerprint density at radius 3 is 2.33 bits per heavy atom. The van der Waals surface area contributed by atoms with Gasteiger partial charge in [-0.15, -0.1) is 0 Å². The second-order valence-corrected chi connectivity index (χ2v) is 15.2. The second-order valence-electron chi connectivity index (χ2n) is 15.2. The van der Waals surface area contributed by atoms with Gasteiger partial charge in [0.15, 0.2) is 17.9 Å². The van der Waals surface area contributed by atoms with Crippen molar-refractivity contribution in [3.63, 3.8) is 0 Å². The fraction of sp³-hybridized carbons (Fsp3) is 0.879. The summed E-state index contributed by atoms with van der Waals surface area (Å²) in [7, 11) is 0. The number of carbonyl (C=O) groups is 2. The molecular formula is C33H50O15. The molecule has 4 aliphatic carbocycles. The standard InChI is InChI=1S/C33H50O15/c1-30-7-5-16(37)9-15(30)3-4-17-18-6-8-32(44,31(18,2)10-19(38)23(17)30)22(39)13-45-33(14-36)28(43)27(21(12-35)48-33)47-29-26(42)25(41)24(40)20(11-34)46-29/h9,17-21,23-29,34-36,38,40-44H,3-8,10-14H2,1-2H3/t17-,18-,19-,20?,21+,23+,24-,25+,26?,27-,28?,29-,30-,31-,32-,33?/m0/s1. The van der Waals surface area contributed by atoms with E-state index in [4.69, 9.17) is 18.9 Å². The molecule has 0 aromatic rings. The molecule has 6 rings (SSSR count). The molecule has 4 unspecified atom stereocenters. The number of hydrogen-bond acceptors (Lipinski definition) is 15. The molecule has 3 saturated carbocycles. The van der Waals surface area contributed by atoms with Gasteiger partial charge in [-0.05, 0) is 67.8 Å². The Morgan fingerprint density at radius 2 is 1.67 bits per heavy atom. The van der Waals surface area contributed by atoms with Gasteiger partial charge in [0.2, 0.25) is 5.79 Å². The van der Waals surface area contributed by atoms with E-state index in [1.165, 1.54) is 0 Å². The van der Waals surface area contributed by atoms with Crippen molar-refractivity contribution in [1.29, 1.82) is 0 Å². The Balaban J connectivity index is 1.17. The highest BCUT2D eigenvalue weighted by molar-refractivity contribution is 5.92. The van der Waals surface area contributed by atoms with Crippen LogP contribution in [0.25, 0.3) is 0 Å². The zero-order valence-corrected chi connectivity index (χ0v) is 27.3. The summed E-state index contributed by atoms with van der Waals surface area (Å²) in [6.07, 6.45) is -8.86. The lowest BCUT2D eigenvalue weighted by Crippen LogP contribution is -2.62. The van der Waals surface area contributed by atoms with Gasteiger partial charge < -0.3 is 64.9 Å². The highest BCUT2D eigenvalue weighted by atomic mass is 16.8. The van der Waals surface area contributed by atoms with E-state index in [1.807, 2.05) is 6.92 Å². The number of allylic oxidation sites excluding steroid dienone is 1. The molecule has 15 nitrogen and oxygen atoms in total. The van der Waals surface area contributed by atoms with E-state index in [-0.39, 0.29) is 41.8 Å². The number of aliphatic hydroxyl groups is 9. The molecule has 5 fully saturated rings. The third-order valence-electron chi connectivity index (χ3n) is 13.0. The summed E-state index contributed by atoms with van der Waals surface area (Å²) in [4.78, 5) is 26.1. The van der Waals surface area contributed by atoms with Crippen molar-refractivity contribution in [1.82, 2.24) is 0 Å². The van der Waals surface area contributed by atoms with Crippen molar-refractivity contribution < 1.29 is 74.5 Å². The minimum atomic E-state index is -2.31. The molecular weight excluding hydrogens is 636 g/mol. The minimum Gasteiger partial charge on any atom is -0.394 e. The Morgan fingerprint density at radius 1 is 0.958 bits per heavy atom. The van der Waals surface area contributed by atoms with Gasteiger partial charge in [0, 0.05) is 11.8 Å². The number of carbonyl (C=O) groups excluding carboxylic acids is 2. The van der Waals surface area contributed by atoms with Gasteiger partial charge in [-0.2, -0.15) is 0 Å². The largest absolute Gasteiger partial charge is 0.394 e. The molecule has 15 heteroatoms. The molecule has 16 atom stereocenters. The molecule has 0 aromatic heterocycles. The molecule has 6 aliphatic rings. The Labute approximate surface area is 278 Å². The zero-order valence-electron chi connectivity index (χ0n) is 27.3. The highest BCUT2D eigenvalue weighted by Gasteiger charge is 2.69. The Hall–Kier alpha value is -1.44. The van der Waals surface area contributed by atoms with Crippen molar-refractivity contribution in [2.45, 2.75) is 125 Å². The summed E-state index contributed by atoms with van der Waals surface area (Å²) < 4.78 is 22.4. The zero-order chi connectivity index (χ0) is 35.0. The fourth-order valence-corrected chi connectivity index (χ4v) is 10.2. The fourth-order valence-electron chi connectivity index (χ4n) is 10.2. The van der Waals surface area contributed by atoms with E-state index < -0.39 is 104 Å². The summed E-state index contributed by atoms with van der Waals surface area (Å²) in [6.45, 7) is 0.608. The number of fused-ring (bicyclic) bond motifs is 5. The predicted molar refractivity (Wildman–Crippen MR) is 160 cm³/mol. The molecule has 0 bridgehead atoms. The van der Waals surface area contributed by atoms with Crippen LogP contribution in [0.2, 0.25) is 0 Å². The first-order valence-electron chi connectivity index (χ1n) is 17.0. The van der Waals surface area contributed by atoms with Gasteiger partial charge in [-0.25, -0.2) is 0 Å². The maximum Gasteiger partial charge on any atom is 0.222 e. The van der Waals surface area contributed by atoms with Crippen molar-refractivity contribution in [2.75, 3.05) is 26.4 Å². The molecule has 0 amide bonds. The number of Topliss-reactive ketones (excluding diaryl/α,β-unsaturated/α-hetero) is 1. The second kappa shape index (κ2) is 13.0. The lowest BCUT2D eigenvalue weighted by atomic mass is 9.45. The molecule has 2 aliphatic heterocycles. The van der Waals surface area contributed by atoms with E-state index in [2.05, 4.69) is 6.92 Å². The average molecular weight is 687 g/mol. The normalized spacial score (nSPS) is 52.0. The van der Waals surface area contributed by atoms with Crippen LogP contribution in [0, 0.1) is 28.6 Å². The minimum absolute atomic E-state index is 0.0197. The topological polar surface area (TPSA) is 253 Å². The van der Waals surface area contributed by atoms with Crippen LogP contribution in [0.1, 0.15) is 58.8 Å².